The summed E-state index contributed by atoms with van der Waals surface area (Å²) in [5.41, 5.74) is 0.543. The van der Waals surface area contributed by atoms with Gasteiger partial charge in [0.05, 0.1) is 29.2 Å². The molecule has 216 valence electrons. The zero-order valence-corrected chi connectivity index (χ0v) is 25.4. The highest BCUT2D eigenvalue weighted by molar-refractivity contribution is 8.02. The van der Waals surface area contributed by atoms with Crippen LogP contribution in [0.2, 0.25) is 0 Å². The van der Waals surface area contributed by atoms with Gasteiger partial charge >= 0.3 is 0 Å². The van der Waals surface area contributed by atoms with Crippen LogP contribution in [0.15, 0.2) is 30.3 Å². The lowest BCUT2D eigenvalue weighted by Gasteiger charge is -2.40. The number of fused-ring (bicyclic) bond motifs is 1. The predicted octanol–water partition coefficient (Wildman–Crippen LogP) is 4.13. The zero-order chi connectivity index (χ0) is 28.8. The number of carbonyl (C=O) groups is 3. The van der Waals surface area contributed by atoms with Gasteiger partial charge < -0.3 is 20.6 Å². The van der Waals surface area contributed by atoms with Crippen molar-refractivity contribution >= 4 is 29.5 Å². The first-order valence-electron chi connectivity index (χ1n) is 14.4. The second kappa shape index (κ2) is 11.1. The van der Waals surface area contributed by atoms with Crippen molar-refractivity contribution in [1.82, 2.24) is 15.5 Å². The van der Waals surface area contributed by atoms with E-state index in [9.17, 15) is 19.5 Å². The van der Waals surface area contributed by atoms with Crippen molar-refractivity contribution in [1.29, 1.82) is 0 Å². The smallest absolute Gasteiger partial charge is 0.244 e. The molecular weight excluding hydrogens is 510 g/mol. The van der Waals surface area contributed by atoms with Crippen LogP contribution in [0, 0.1) is 23.2 Å². The Kier molecular flexibility index (Phi) is 8.49. The Morgan fingerprint density at radius 3 is 2.38 bits per heavy atom. The summed E-state index contributed by atoms with van der Waals surface area (Å²) in [6, 6.07) is 8.58. The number of nitrogens with zero attached hydrogens (tertiary/aromatic N) is 1. The van der Waals surface area contributed by atoms with Crippen molar-refractivity contribution in [3.63, 3.8) is 0 Å². The van der Waals surface area contributed by atoms with E-state index in [0.717, 1.165) is 24.8 Å². The molecule has 4 rings (SSSR count). The van der Waals surface area contributed by atoms with Crippen LogP contribution < -0.4 is 10.6 Å². The monoisotopic (exact) mass is 557 g/mol. The second-order valence-electron chi connectivity index (χ2n) is 14.1. The summed E-state index contributed by atoms with van der Waals surface area (Å²) in [7, 11) is 0. The number of rotatable bonds is 10. The molecule has 0 aliphatic carbocycles. The van der Waals surface area contributed by atoms with Crippen LogP contribution >= 0.6 is 11.8 Å². The first-order valence-corrected chi connectivity index (χ1v) is 15.3. The normalized spacial score (nSPS) is 29.1. The summed E-state index contributed by atoms with van der Waals surface area (Å²) in [5, 5.41) is 16.8. The number of benzene rings is 1. The Labute approximate surface area is 238 Å². The molecule has 3 aliphatic heterocycles. The van der Waals surface area contributed by atoms with Crippen LogP contribution in [0.25, 0.3) is 0 Å². The standard InChI is InChI=1S/C31H47N3O4S/c1-19(2)15-21(17-35)34-25(27(37)33-30(6,7)18-29(3,4)5)31-14-13-22(39-31)23(24(31)28(34)38)26(36)32-16-20-11-9-8-10-12-20/h8-12,19,21-25,35H,13-18H2,1-7H3,(H,32,36)(H,33,37)/t21-,22-,23+,24+,25?,31?/m1/s1. The van der Waals surface area contributed by atoms with Gasteiger partial charge in [-0.05, 0) is 56.4 Å². The average molecular weight is 558 g/mol. The maximum absolute atomic E-state index is 14.3. The van der Waals surface area contributed by atoms with E-state index in [-0.39, 0.29) is 40.9 Å². The maximum Gasteiger partial charge on any atom is 0.244 e. The number of hydrogen-bond acceptors (Lipinski definition) is 5. The van der Waals surface area contributed by atoms with E-state index in [2.05, 4.69) is 45.3 Å². The summed E-state index contributed by atoms with van der Waals surface area (Å²) in [6.07, 6.45) is 2.89. The quantitative estimate of drug-likeness (QED) is 0.402. The van der Waals surface area contributed by atoms with Gasteiger partial charge in [-0.15, -0.1) is 11.8 Å². The molecule has 6 atom stereocenters. The Hall–Kier alpha value is -2.06. The first kappa shape index (κ1) is 29.9. The Morgan fingerprint density at radius 1 is 1.13 bits per heavy atom. The molecule has 1 aromatic carbocycles. The topological polar surface area (TPSA) is 98.7 Å². The molecule has 0 aromatic heterocycles. The summed E-state index contributed by atoms with van der Waals surface area (Å²) >= 11 is 1.67. The van der Waals surface area contributed by atoms with Crippen molar-refractivity contribution in [2.24, 2.45) is 23.2 Å². The van der Waals surface area contributed by atoms with Gasteiger partial charge in [0, 0.05) is 17.3 Å². The van der Waals surface area contributed by atoms with Gasteiger partial charge in [-0.3, -0.25) is 14.4 Å². The second-order valence-corrected chi connectivity index (χ2v) is 15.7. The Balaban J connectivity index is 1.66. The van der Waals surface area contributed by atoms with Crippen molar-refractivity contribution in [2.75, 3.05) is 6.61 Å². The van der Waals surface area contributed by atoms with Crippen molar-refractivity contribution < 1.29 is 19.5 Å². The number of nitrogens with one attached hydrogen (secondary N) is 2. The van der Waals surface area contributed by atoms with Crippen LogP contribution in [0.5, 0.6) is 0 Å². The number of likely N-dealkylation sites (tertiary alicyclic amines) is 1. The number of aliphatic hydroxyl groups is 1. The maximum atomic E-state index is 14.3. The molecule has 1 spiro atoms. The van der Waals surface area contributed by atoms with E-state index in [1.807, 2.05) is 44.2 Å². The third-order valence-electron chi connectivity index (χ3n) is 8.38. The van der Waals surface area contributed by atoms with E-state index in [1.54, 1.807) is 16.7 Å². The highest BCUT2D eigenvalue weighted by atomic mass is 32.2. The number of hydrogen-bond donors (Lipinski definition) is 3. The fraction of sp³-hybridized carbons (Fsp3) is 0.710. The Morgan fingerprint density at radius 2 is 1.79 bits per heavy atom. The van der Waals surface area contributed by atoms with Gasteiger partial charge in [0.25, 0.3) is 0 Å². The largest absolute Gasteiger partial charge is 0.394 e. The fourth-order valence-corrected chi connectivity index (χ4v) is 9.79. The van der Waals surface area contributed by atoms with Crippen molar-refractivity contribution in [3.05, 3.63) is 35.9 Å². The minimum absolute atomic E-state index is 0.00688. The van der Waals surface area contributed by atoms with Gasteiger partial charge in [-0.1, -0.05) is 65.0 Å². The van der Waals surface area contributed by atoms with Crippen LogP contribution in [-0.4, -0.2) is 62.0 Å². The highest BCUT2D eigenvalue weighted by Gasteiger charge is 2.74. The predicted molar refractivity (Wildman–Crippen MR) is 156 cm³/mol. The minimum atomic E-state index is -0.716. The molecule has 39 heavy (non-hydrogen) atoms. The fourth-order valence-electron chi connectivity index (χ4n) is 7.58. The van der Waals surface area contributed by atoms with Gasteiger partial charge in [-0.25, -0.2) is 0 Å². The van der Waals surface area contributed by atoms with Crippen LogP contribution in [0.1, 0.15) is 79.7 Å². The molecule has 0 radical (unpaired) electrons. The molecule has 7 nitrogen and oxygen atoms in total. The lowest BCUT2D eigenvalue weighted by Crippen LogP contribution is -2.60. The SMILES string of the molecule is CC(C)C[C@H](CO)N1C(=O)[C@@H]2[C@@H](C(=O)NCc3ccccc3)[C@H]3CCC2(S3)C1C(=O)NC(C)(C)CC(C)(C)C. The number of amides is 3. The van der Waals surface area contributed by atoms with E-state index >= 15 is 0 Å². The third kappa shape index (κ3) is 6.02. The van der Waals surface area contributed by atoms with Gasteiger partial charge in [0.1, 0.15) is 6.04 Å². The van der Waals surface area contributed by atoms with Crippen LogP contribution in [-0.2, 0) is 20.9 Å². The van der Waals surface area contributed by atoms with E-state index in [4.69, 9.17) is 0 Å². The van der Waals surface area contributed by atoms with E-state index in [1.165, 1.54) is 0 Å². The van der Waals surface area contributed by atoms with E-state index < -0.39 is 34.2 Å². The third-order valence-corrected chi connectivity index (χ3v) is 10.3. The molecule has 3 amide bonds. The van der Waals surface area contributed by atoms with Crippen molar-refractivity contribution in [3.8, 4) is 0 Å². The first-order chi connectivity index (χ1) is 18.2. The van der Waals surface area contributed by atoms with Gasteiger partial charge in [0.2, 0.25) is 17.7 Å². The number of carbonyl (C=O) groups excluding carboxylic acids is 3. The average Bonchev–Trinajstić information content (AvgIpc) is 3.47. The molecule has 3 saturated heterocycles. The van der Waals surface area contributed by atoms with Crippen molar-refractivity contribution in [2.45, 2.75) is 108 Å². The zero-order valence-electron chi connectivity index (χ0n) is 24.6. The molecule has 8 heteroatoms. The molecular formula is C31H47N3O4S. The molecule has 3 aliphatic rings. The summed E-state index contributed by atoms with van der Waals surface area (Å²) in [4.78, 5) is 43.8. The minimum Gasteiger partial charge on any atom is -0.394 e. The van der Waals surface area contributed by atoms with Gasteiger partial charge in [-0.2, -0.15) is 0 Å². The van der Waals surface area contributed by atoms with Crippen LogP contribution in [0.3, 0.4) is 0 Å². The molecule has 2 bridgehead atoms. The lowest BCUT2D eigenvalue weighted by molar-refractivity contribution is -0.143. The molecule has 3 heterocycles. The van der Waals surface area contributed by atoms with E-state index in [0.29, 0.717) is 13.0 Å². The lowest BCUT2D eigenvalue weighted by atomic mass is 9.70. The van der Waals surface area contributed by atoms with Gasteiger partial charge in [0.15, 0.2) is 0 Å². The number of aliphatic hydroxyl groups excluding tert-OH is 1. The molecule has 0 saturated carbocycles. The summed E-state index contributed by atoms with van der Waals surface area (Å²) < 4.78 is -0.664. The summed E-state index contributed by atoms with van der Waals surface area (Å²) in [6.45, 7) is 14.8. The molecule has 3 fully saturated rings. The van der Waals surface area contributed by atoms with Crippen LogP contribution in [0.4, 0.5) is 0 Å². The Bertz CT molecular complexity index is 1070. The molecule has 1 aromatic rings. The molecule has 3 N–H and O–H groups in total. The number of thioether (sulfide) groups is 1. The molecule has 2 unspecified atom stereocenters. The highest BCUT2D eigenvalue weighted by Crippen LogP contribution is 2.66. The summed E-state index contributed by atoms with van der Waals surface area (Å²) in [5.74, 6) is -1.25.